The van der Waals surface area contributed by atoms with E-state index in [-0.39, 0.29) is 34.2 Å². The summed E-state index contributed by atoms with van der Waals surface area (Å²) in [6.45, 7) is -0.260. The van der Waals surface area contributed by atoms with Crippen molar-refractivity contribution in [1.82, 2.24) is 0 Å². The van der Waals surface area contributed by atoms with E-state index in [4.69, 9.17) is 39.5 Å². The van der Waals surface area contributed by atoms with Crippen molar-refractivity contribution in [2.45, 2.75) is 0 Å². The molecule has 0 fully saturated rings. The second-order valence-electron chi connectivity index (χ2n) is 5.93. The summed E-state index contributed by atoms with van der Waals surface area (Å²) in [6, 6.07) is 18.5. The molecule has 0 aliphatic rings. The fourth-order valence-corrected chi connectivity index (χ4v) is 2.98. The molecule has 29 heavy (non-hydrogen) atoms. The van der Waals surface area contributed by atoms with Crippen molar-refractivity contribution in [1.29, 1.82) is 0 Å². The SMILES string of the molecule is O=C(COc1cc(Cl)c(Cl)cc1Cl)Nc1ccc(NC(=O)c2ccccc2)cc1. The van der Waals surface area contributed by atoms with Gasteiger partial charge in [0.2, 0.25) is 0 Å². The zero-order chi connectivity index (χ0) is 20.8. The van der Waals surface area contributed by atoms with E-state index in [1.165, 1.54) is 12.1 Å². The van der Waals surface area contributed by atoms with Crippen molar-refractivity contribution < 1.29 is 14.3 Å². The first-order chi connectivity index (χ1) is 13.9. The van der Waals surface area contributed by atoms with Crippen LogP contribution in [0.3, 0.4) is 0 Å². The predicted octanol–water partition coefficient (Wildman–Crippen LogP) is 5.92. The van der Waals surface area contributed by atoms with Crippen LogP contribution in [0.4, 0.5) is 11.4 Å². The minimum absolute atomic E-state index is 0.214. The average Bonchev–Trinajstić information content (AvgIpc) is 2.72. The summed E-state index contributed by atoms with van der Waals surface area (Å²) in [5.74, 6) is -0.335. The van der Waals surface area contributed by atoms with E-state index in [1.54, 1.807) is 48.5 Å². The molecule has 0 bridgehead atoms. The van der Waals surface area contributed by atoms with Crippen LogP contribution < -0.4 is 15.4 Å². The van der Waals surface area contributed by atoms with E-state index in [2.05, 4.69) is 10.6 Å². The molecule has 0 unspecified atom stereocenters. The van der Waals surface area contributed by atoms with E-state index in [0.717, 1.165) is 0 Å². The zero-order valence-electron chi connectivity index (χ0n) is 14.9. The summed E-state index contributed by atoms with van der Waals surface area (Å²) in [6.07, 6.45) is 0. The first-order valence-electron chi connectivity index (χ1n) is 8.46. The molecule has 0 spiro atoms. The van der Waals surface area contributed by atoms with Crippen LogP contribution in [0.25, 0.3) is 0 Å². The van der Waals surface area contributed by atoms with Gasteiger partial charge in [0, 0.05) is 23.0 Å². The maximum Gasteiger partial charge on any atom is 0.262 e. The fraction of sp³-hybridized carbons (Fsp3) is 0.0476. The van der Waals surface area contributed by atoms with Gasteiger partial charge in [-0.3, -0.25) is 9.59 Å². The van der Waals surface area contributed by atoms with Crippen molar-refractivity contribution >= 4 is 58.0 Å². The normalized spacial score (nSPS) is 10.3. The van der Waals surface area contributed by atoms with Crippen molar-refractivity contribution in [2.75, 3.05) is 17.2 Å². The molecule has 2 N–H and O–H groups in total. The maximum atomic E-state index is 12.1. The number of carbonyl (C=O) groups is 2. The third kappa shape index (κ3) is 5.87. The van der Waals surface area contributed by atoms with E-state index < -0.39 is 0 Å². The minimum Gasteiger partial charge on any atom is -0.482 e. The van der Waals surface area contributed by atoms with Gasteiger partial charge in [-0.25, -0.2) is 0 Å². The van der Waals surface area contributed by atoms with Crippen LogP contribution in [0.15, 0.2) is 66.7 Å². The monoisotopic (exact) mass is 448 g/mol. The molecule has 3 aromatic carbocycles. The smallest absolute Gasteiger partial charge is 0.262 e. The van der Waals surface area contributed by atoms with E-state index in [1.807, 2.05) is 6.07 Å². The molecule has 3 aromatic rings. The first kappa shape index (κ1) is 21.0. The molecule has 3 rings (SSSR count). The topological polar surface area (TPSA) is 67.4 Å². The predicted molar refractivity (Wildman–Crippen MR) is 116 cm³/mol. The molecule has 0 aliphatic heterocycles. The summed E-state index contributed by atoms with van der Waals surface area (Å²) in [4.78, 5) is 24.2. The number of rotatable bonds is 6. The number of ether oxygens (including phenoxy) is 1. The standard InChI is InChI=1S/C21H15Cl3N2O3/c22-16-10-18(24)19(11-17(16)23)29-12-20(27)25-14-6-8-15(9-7-14)26-21(28)13-4-2-1-3-5-13/h1-11H,12H2,(H,25,27)(H,26,28). The third-order valence-electron chi connectivity index (χ3n) is 3.80. The Hall–Kier alpha value is -2.73. The molecule has 0 saturated carbocycles. The molecule has 8 heteroatoms. The summed E-state index contributed by atoms with van der Waals surface area (Å²) in [5, 5.41) is 6.31. The molecule has 2 amide bonds. The van der Waals surface area contributed by atoms with Crippen molar-refractivity contribution in [3.8, 4) is 5.75 Å². The molecule has 0 atom stereocenters. The van der Waals surface area contributed by atoms with E-state index in [9.17, 15) is 9.59 Å². The fourth-order valence-electron chi connectivity index (χ4n) is 2.38. The molecular formula is C21H15Cl3N2O3. The van der Waals surface area contributed by atoms with Crippen LogP contribution in [-0.4, -0.2) is 18.4 Å². The van der Waals surface area contributed by atoms with Gasteiger partial charge >= 0.3 is 0 Å². The lowest BCUT2D eigenvalue weighted by Gasteiger charge is -2.10. The number of benzene rings is 3. The highest BCUT2D eigenvalue weighted by Crippen LogP contribution is 2.33. The number of hydrogen-bond donors (Lipinski definition) is 2. The Balaban J connectivity index is 1.53. The summed E-state index contributed by atoms with van der Waals surface area (Å²) in [7, 11) is 0. The van der Waals surface area contributed by atoms with Crippen LogP contribution in [0.5, 0.6) is 5.75 Å². The van der Waals surface area contributed by atoms with E-state index >= 15 is 0 Å². The Bertz CT molecular complexity index is 1030. The van der Waals surface area contributed by atoms with Crippen LogP contribution in [0.2, 0.25) is 15.1 Å². The van der Waals surface area contributed by atoms with Crippen molar-refractivity contribution in [3.05, 3.63) is 87.4 Å². The Morgan fingerprint density at radius 3 is 2.00 bits per heavy atom. The number of halogens is 3. The molecule has 0 aromatic heterocycles. The van der Waals surface area contributed by atoms with Crippen molar-refractivity contribution in [2.24, 2.45) is 0 Å². The highest BCUT2D eigenvalue weighted by atomic mass is 35.5. The van der Waals surface area contributed by atoms with Gasteiger partial charge in [0.05, 0.1) is 15.1 Å². The average molecular weight is 450 g/mol. The Morgan fingerprint density at radius 2 is 1.34 bits per heavy atom. The van der Waals surface area contributed by atoms with Crippen LogP contribution in [0.1, 0.15) is 10.4 Å². The van der Waals surface area contributed by atoms with Gasteiger partial charge in [0.25, 0.3) is 11.8 Å². The third-order valence-corrected chi connectivity index (χ3v) is 4.81. The molecule has 148 valence electrons. The van der Waals surface area contributed by atoms with Gasteiger partial charge in [0.1, 0.15) is 5.75 Å². The van der Waals surface area contributed by atoms with Gasteiger partial charge in [0.15, 0.2) is 6.61 Å². The van der Waals surface area contributed by atoms with Gasteiger partial charge < -0.3 is 15.4 Å². The van der Waals surface area contributed by atoms with E-state index in [0.29, 0.717) is 22.0 Å². The second kappa shape index (κ2) is 9.65. The second-order valence-corrected chi connectivity index (χ2v) is 7.15. The van der Waals surface area contributed by atoms with Crippen LogP contribution in [0, 0.1) is 0 Å². The highest BCUT2D eigenvalue weighted by molar-refractivity contribution is 6.43. The molecule has 0 aliphatic carbocycles. The quantitative estimate of drug-likeness (QED) is 0.459. The van der Waals surface area contributed by atoms with Crippen LogP contribution in [-0.2, 0) is 4.79 Å². The number of nitrogens with one attached hydrogen (secondary N) is 2. The maximum absolute atomic E-state index is 12.1. The Morgan fingerprint density at radius 1 is 0.759 bits per heavy atom. The zero-order valence-corrected chi connectivity index (χ0v) is 17.2. The van der Waals surface area contributed by atoms with Gasteiger partial charge in [-0.1, -0.05) is 53.0 Å². The lowest BCUT2D eigenvalue weighted by molar-refractivity contribution is -0.118. The summed E-state index contributed by atoms with van der Waals surface area (Å²) >= 11 is 17.8. The Labute approximate surface area is 182 Å². The largest absolute Gasteiger partial charge is 0.482 e. The first-order valence-corrected chi connectivity index (χ1v) is 9.59. The molecule has 0 saturated heterocycles. The van der Waals surface area contributed by atoms with Gasteiger partial charge in [-0.05, 0) is 42.5 Å². The molecule has 0 radical (unpaired) electrons. The Kier molecular flexibility index (Phi) is 6.99. The number of hydrogen-bond acceptors (Lipinski definition) is 3. The number of amides is 2. The number of anilines is 2. The number of carbonyl (C=O) groups excluding carboxylic acids is 2. The van der Waals surface area contributed by atoms with Gasteiger partial charge in [-0.15, -0.1) is 0 Å². The van der Waals surface area contributed by atoms with Crippen LogP contribution >= 0.6 is 34.8 Å². The minimum atomic E-state index is -0.381. The summed E-state index contributed by atoms with van der Waals surface area (Å²) in [5.41, 5.74) is 1.72. The van der Waals surface area contributed by atoms with Gasteiger partial charge in [-0.2, -0.15) is 0 Å². The molecular weight excluding hydrogens is 435 g/mol. The highest BCUT2D eigenvalue weighted by Gasteiger charge is 2.10. The summed E-state index contributed by atoms with van der Waals surface area (Å²) < 4.78 is 5.39. The molecule has 5 nitrogen and oxygen atoms in total. The lowest BCUT2D eigenvalue weighted by atomic mass is 10.2. The van der Waals surface area contributed by atoms with Crippen molar-refractivity contribution in [3.63, 3.8) is 0 Å². The molecule has 0 heterocycles. The lowest BCUT2D eigenvalue weighted by Crippen LogP contribution is -2.20.